The highest BCUT2D eigenvalue weighted by molar-refractivity contribution is 7.16. The number of para-hydroxylation sites is 1. The second-order valence-electron chi connectivity index (χ2n) is 6.10. The van der Waals surface area contributed by atoms with Crippen LogP contribution < -0.4 is 9.54 Å². The fourth-order valence-electron chi connectivity index (χ4n) is 2.68. The molecule has 7 heteroatoms. The highest BCUT2D eigenvalue weighted by Gasteiger charge is 2.16. The van der Waals surface area contributed by atoms with Gasteiger partial charge < -0.3 is 14.0 Å². The number of ether oxygens (including phenoxy) is 2. The van der Waals surface area contributed by atoms with Crippen LogP contribution in [0.25, 0.3) is 10.2 Å². The summed E-state index contributed by atoms with van der Waals surface area (Å²) in [6, 6.07) is 14.3. The minimum absolute atomic E-state index is 0.249. The van der Waals surface area contributed by atoms with E-state index in [-0.39, 0.29) is 6.54 Å². The van der Waals surface area contributed by atoms with Gasteiger partial charge in [0.25, 0.3) is 5.91 Å². The lowest BCUT2D eigenvalue weighted by atomic mass is 10.2. The summed E-state index contributed by atoms with van der Waals surface area (Å²) >= 11 is 1.28. The topological polar surface area (TPSA) is 69.9 Å². The molecule has 1 aromatic heterocycles. The normalized spacial score (nSPS) is 12.4. The summed E-state index contributed by atoms with van der Waals surface area (Å²) in [6.07, 6.45) is 4.75. The van der Waals surface area contributed by atoms with Crippen LogP contribution in [-0.2, 0) is 16.1 Å². The van der Waals surface area contributed by atoms with Gasteiger partial charge in [0.2, 0.25) is 0 Å². The Morgan fingerprint density at radius 1 is 1.24 bits per heavy atom. The second-order valence-corrected chi connectivity index (χ2v) is 7.11. The zero-order chi connectivity index (χ0) is 20.8. The van der Waals surface area contributed by atoms with E-state index in [9.17, 15) is 9.59 Å². The van der Waals surface area contributed by atoms with Crippen molar-refractivity contribution in [2.24, 2.45) is 4.99 Å². The highest BCUT2D eigenvalue weighted by Crippen LogP contribution is 2.20. The third kappa shape index (κ3) is 4.73. The first-order valence-corrected chi connectivity index (χ1v) is 9.89. The molecular weight excluding hydrogens is 388 g/mol. The molecule has 1 unspecified atom stereocenters. The van der Waals surface area contributed by atoms with Gasteiger partial charge in [-0.1, -0.05) is 35.5 Å². The van der Waals surface area contributed by atoms with Crippen molar-refractivity contribution in [3.05, 3.63) is 58.9 Å². The first kappa shape index (κ1) is 20.4. The average Bonchev–Trinajstić information content (AvgIpc) is 3.05. The van der Waals surface area contributed by atoms with Crippen molar-refractivity contribution in [1.82, 2.24) is 4.57 Å². The molecule has 1 heterocycles. The third-order valence-electron chi connectivity index (χ3n) is 4.05. The van der Waals surface area contributed by atoms with E-state index in [1.165, 1.54) is 11.3 Å². The summed E-state index contributed by atoms with van der Waals surface area (Å²) < 4.78 is 13.2. The van der Waals surface area contributed by atoms with Crippen LogP contribution in [0.4, 0.5) is 0 Å². The SMILES string of the molecule is C#CCn1c(=NC(=O)C(C)Oc2ccccc2)sc2cc(C(=O)OCC)ccc21. The lowest BCUT2D eigenvalue weighted by molar-refractivity contribution is -0.124. The van der Waals surface area contributed by atoms with E-state index in [1.807, 2.05) is 18.2 Å². The minimum Gasteiger partial charge on any atom is -0.481 e. The van der Waals surface area contributed by atoms with Crippen molar-refractivity contribution in [2.45, 2.75) is 26.5 Å². The molecule has 0 aliphatic rings. The van der Waals surface area contributed by atoms with Crippen molar-refractivity contribution >= 4 is 33.4 Å². The number of carbonyl (C=O) groups excluding carboxylic acids is 2. The van der Waals surface area contributed by atoms with Crippen LogP contribution >= 0.6 is 11.3 Å². The Labute approximate surface area is 172 Å². The van der Waals surface area contributed by atoms with Crippen LogP contribution in [0.3, 0.4) is 0 Å². The van der Waals surface area contributed by atoms with E-state index in [4.69, 9.17) is 15.9 Å². The molecule has 0 bridgehead atoms. The van der Waals surface area contributed by atoms with Crippen molar-refractivity contribution in [3.63, 3.8) is 0 Å². The summed E-state index contributed by atoms with van der Waals surface area (Å²) in [7, 11) is 0. The number of nitrogens with zero attached hydrogens (tertiary/aromatic N) is 2. The number of esters is 1. The predicted molar refractivity (Wildman–Crippen MR) is 112 cm³/mol. The molecule has 0 N–H and O–H groups in total. The van der Waals surface area contributed by atoms with Gasteiger partial charge in [-0.25, -0.2) is 4.79 Å². The van der Waals surface area contributed by atoms with Crippen LogP contribution in [0.15, 0.2) is 53.5 Å². The number of benzene rings is 2. The second kappa shape index (κ2) is 9.22. The number of carbonyl (C=O) groups is 2. The monoisotopic (exact) mass is 408 g/mol. The van der Waals surface area contributed by atoms with Crippen molar-refractivity contribution in [3.8, 4) is 18.1 Å². The quantitative estimate of drug-likeness (QED) is 0.463. The molecule has 148 valence electrons. The Morgan fingerprint density at radius 2 is 2.00 bits per heavy atom. The van der Waals surface area contributed by atoms with Crippen LogP contribution in [0.1, 0.15) is 24.2 Å². The van der Waals surface area contributed by atoms with Gasteiger partial charge in [-0.2, -0.15) is 4.99 Å². The van der Waals surface area contributed by atoms with Gasteiger partial charge >= 0.3 is 5.97 Å². The first-order chi connectivity index (χ1) is 14.0. The molecule has 29 heavy (non-hydrogen) atoms. The van der Waals surface area contributed by atoms with E-state index in [1.54, 1.807) is 48.7 Å². The maximum absolute atomic E-state index is 12.6. The zero-order valence-corrected chi connectivity index (χ0v) is 16.9. The number of fused-ring (bicyclic) bond motifs is 1. The molecule has 6 nitrogen and oxygen atoms in total. The molecule has 0 aliphatic carbocycles. The van der Waals surface area contributed by atoms with E-state index >= 15 is 0 Å². The minimum atomic E-state index is -0.753. The van der Waals surface area contributed by atoms with Gasteiger partial charge in [0.05, 0.1) is 28.9 Å². The number of thiazole rings is 1. The summed E-state index contributed by atoms with van der Waals surface area (Å²) in [4.78, 5) is 29.3. The van der Waals surface area contributed by atoms with Crippen LogP contribution in [0.5, 0.6) is 5.75 Å². The molecule has 0 saturated heterocycles. The van der Waals surface area contributed by atoms with Gasteiger partial charge in [0.1, 0.15) is 5.75 Å². The van der Waals surface area contributed by atoms with Crippen molar-refractivity contribution < 1.29 is 19.1 Å². The standard InChI is InChI=1S/C22H20N2O4S/c1-4-13-24-18-12-11-16(21(26)27-5-2)14-19(18)29-22(24)23-20(25)15(3)28-17-9-7-6-8-10-17/h1,6-12,14-15H,5,13H2,2-3H3. The Hall–Kier alpha value is -3.37. The average molecular weight is 408 g/mol. The van der Waals surface area contributed by atoms with Crippen molar-refractivity contribution in [1.29, 1.82) is 0 Å². The van der Waals surface area contributed by atoms with E-state index < -0.39 is 18.0 Å². The Kier molecular flexibility index (Phi) is 6.47. The van der Waals surface area contributed by atoms with Gasteiger partial charge in [0, 0.05) is 0 Å². The predicted octanol–water partition coefficient (Wildman–Crippen LogP) is 3.41. The molecule has 2 aromatic carbocycles. The van der Waals surface area contributed by atoms with Crippen LogP contribution in [0, 0.1) is 12.3 Å². The Morgan fingerprint density at radius 3 is 2.69 bits per heavy atom. The smallest absolute Gasteiger partial charge is 0.338 e. The van der Waals surface area contributed by atoms with Gasteiger partial charge in [0.15, 0.2) is 10.9 Å². The molecule has 0 saturated carbocycles. The van der Waals surface area contributed by atoms with Gasteiger partial charge in [-0.05, 0) is 44.2 Å². The molecule has 0 spiro atoms. The maximum atomic E-state index is 12.6. The fraction of sp³-hybridized carbons (Fsp3) is 0.227. The number of hydrogen-bond donors (Lipinski definition) is 0. The zero-order valence-electron chi connectivity index (χ0n) is 16.1. The highest BCUT2D eigenvalue weighted by atomic mass is 32.1. The Balaban J connectivity index is 1.96. The van der Waals surface area contributed by atoms with E-state index in [2.05, 4.69) is 10.9 Å². The van der Waals surface area contributed by atoms with E-state index in [0.717, 1.165) is 10.2 Å². The van der Waals surface area contributed by atoms with E-state index in [0.29, 0.717) is 22.7 Å². The third-order valence-corrected chi connectivity index (χ3v) is 5.09. The number of hydrogen-bond acceptors (Lipinski definition) is 5. The van der Waals surface area contributed by atoms with Crippen LogP contribution in [0.2, 0.25) is 0 Å². The molecule has 1 atom stereocenters. The maximum Gasteiger partial charge on any atom is 0.338 e. The molecule has 1 amide bonds. The molecule has 3 aromatic rings. The Bertz CT molecular complexity index is 1140. The molecule has 0 radical (unpaired) electrons. The van der Waals surface area contributed by atoms with Crippen molar-refractivity contribution in [2.75, 3.05) is 6.61 Å². The van der Waals surface area contributed by atoms with Gasteiger partial charge in [-0.3, -0.25) is 4.79 Å². The summed E-state index contributed by atoms with van der Waals surface area (Å²) in [5.74, 6) is 2.35. The molecule has 3 rings (SSSR count). The molecule has 0 fully saturated rings. The van der Waals surface area contributed by atoms with Gasteiger partial charge in [-0.15, -0.1) is 6.42 Å². The first-order valence-electron chi connectivity index (χ1n) is 9.07. The van der Waals surface area contributed by atoms with Crippen LogP contribution in [-0.4, -0.2) is 29.2 Å². The number of rotatable bonds is 6. The summed E-state index contributed by atoms with van der Waals surface area (Å²) in [5.41, 5.74) is 1.23. The number of aromatic nitrogens is 1. The fourth-order valence-corrected chi connectivity index (χ4v) is 3.76. The lowest BCUT2D eigenvalue weighted by Crippen LogP contribution is -2.26. The molecule has 0 aliphatic heterocycles. The molecular formula is C22H20N2O4S. The number of terminal acetylenes is 1. The number of amides is 1. The summed E-state index contributed by atoms with van der Waals surface area (Å²) in [5, 5.41) is 0. The lowest BCUT2D eigenvalue weighted by Gasteiger charge is -2.10. The summed E-state index contributed by atoms with van der Waals surface area (Å²) in [6.45, 7) is 3.95. The largest absolute Gasteiger partial charge is 0.481 e.